The Morgan fingerprint density at radius 1 is 1.04 bits per heavy atom. The quantitative estimate of drug-likeness (QED) is 0.752. The van der Waals surface area contributed by atoms with Gasteiger partial charge in [0.1, 0.15) is 0 Å². The van der Waals surface area contributed by atoms with E-state index in [0.29, 0.717) is 35.3 Å². The molecular weight excluding hydrogens is 387 g/mol. The van der Waals surface area contributed by atoms with Crippen molar-refractivity contribution in [3.63, 3.8) is 0 Å². The molecular formula is C21H25ClF3N3. The van der Waals surface area contributed by atoms with Crippen LogP contribution in [0.2, 0.25) is 0 Å². The molecule has 0 spiro atoms. The van der Waals surface area contributed by atoms with E-state index >= 15 is 0 Å². The summed E-state index contributed by atoms with van der Waals surface area (Å²) in [6, 6.07) is 10.5. The fourth-order valence-corrected chi connectivity index (χ4v) is 3.99. The summed E-state index contributed by atoms with van der Waals surface area (Å²) in [5, 5.41) is 3.72. The van der Waals surface area contributed by atoms with Crippen molar-refractivity contribution in [3.8, 4) is 11.3 Å². The lowest BCUT2D eigenvalue weighted by atomic mass is 9.92. The molecule has 0 aliphatic heterocycles. The number of rotatable bonds is 4. The highest BCUT2D eigenvalue weighted by Crippen LogP contribution is 2.42. The van der Waals surface area contributed by atoms with E-state index in [4.69, 9.17) is 5.73 Å². The van der Waals surface area contributed by atoms with E-state index in [1.54, 1.807) is 12.3 Å². The molecule has 0 amide bonds. The summed E-state index contributed by atoms with van der Waals surface area (Å²) in [7, 11) is 0. The van der Waals surface area contributed by atoms with Gasteiger partial charge >= 0.3 is 6.18 Å². The number of pyridine rings is 1. The van der Waals surface area contributed by atoms with E-state index in [1.807, 2.05) is 12.1 Å². The monoisotopic (exact) mass is 411 g/mol. The molecule has 0 unspecified atom stereocenters. The van der Waals surface area contributed by atoms with Gasteiger partial charge < -0.3 is 11.1 Å². The molecule has 1 heterocycles. The molecule has 2 saturated carbocycles. The van der Waals surface area contributed by atoms with Crippen LogP contribution in [-0.2, 0) is 6.18 Å². The summed E-state index contributed by atoms with van der Waals surface area (Å²) in [5.74, 6) is 0.448. The number of benzene rings is 1. The van der Waals surface area contributed by atoms with E-state index in [-0.39, 0.29) is 12.4 Å². The molecule has 2 aliphatic carbocycles. The van der Waals surface area contributed by atoms with Crippen molar-refractivity contribution in [1.82, 2.24) is 10.3 Å². The standard InChI is InChI=1S/C21H24F3N3.ClH/c22-21(23,24)15-3-1-2-13(10-15)19-9-4-14(12-26-19)18-11-20(18)27-17-7-5-16(25)6-8-17;/h1-4,9-10,12,16-18,20,27H,5-8,11,25H2;1H/t16?,17?,18-,20+;/m1./s1. The van der Waals surface area contributed by atoms with Crippen LogP contribution in [0.5, 0.6) is 0 Å². The summed E-state index contributed by atoms with van der Waals surface area (Å²) in [4.78, 5) is 4.41. The highest BCUT2D eigenvalue weighted by atomic mass is 35.5. The Bertz CT molecular complexity index is 786. The SMILES string of the molecule is Cl.NC1CCC(N[C@H]2C[C@@H]2c2ccc(-c3cccc(C(F)(F)F)c3)nc2)CC1. The van der Waals surface area contributed by atoms with Gasteiger partial charge in [-0.1, -0.05) is 18.2 Å². The molecule has 0 saturated heterocycles. The Morgan fingerprint density at radius 2 is 1.79 bits per heavy atom. The lowest BCUT2D eigenvalue weighted by Crippen LogP contribution is -2.38. The first-order valence-corrected chi connectivity index (χ1v) is 9.55. The number of hydrogen-bond donors (Lipinski definition) is 2. The summed E-state index contributed by atoms with van der Waals surface area (Å²) in [5.41, 5.74) is 7.51. The molecule has 0 radical (unpaired) electrons. The van der Waals surface area contributed by atoms with Crippen LogP contribution in [-0.4, -0.2) is 23.1 Å². The van der Waals surface area contributed by atoms with Gasteiger partial charge in [-0.05, 0) is 55.9 Å². The Morgan fingerprint density at radius 3 is 2.43 bits per heavy atom. The number of alkyl halides is 3. The van der Waals surface area contributed by atoms with Crippen LogP contribution in [0, 0.1) is 0 Å². The molecule has 2 aromatic rings. The van der Waals surface area contributed by atoms with Crippen molar-refractivity contribution in [1.29, 1.82) is 0 Å². The second-order valence-corrected chi connectivity index (χ2v) is 7.78. The number of nitrogens with zero attached hydrogens (tertiary/aromatic N) is 1. The zero-order chi connectivity index (χ0) is 19.0. The summed E-state index contributed by atoms with van der Waals surface area (Å²) in [6.45, 7) is 0. The second-order valence-electron chi connectivity index (χ2n) is 7.78. The van der Waals surface area contributed by atoms with Gasteiger partial charge in [-0.25, -0.2) is 0 Å². The van der Waals surface area contributed by atoms with Crippen LogP contribution < -0.4 is 11.1 Å². The molecule has 2 fully saturated rings. The highest BCUT2D eigenvalue weighted by Gasteiger charge is 2.40. The lowest BCUT2D eigenvalue weighted by molar-refractivity contribution is -0.137. The van der Waals surface area contributed by atoms with Crippen LogP contribution in [0.15, 0.2) is 42.6 Å². The fraction of sp³-hybridized carbons (Fsp3) is 0.476. The fourth-order valence-electron chi connectivity index (χ4n) is 3.99. The van der Waals surface area contributed by atoms with Crippen molar-refractivity contribution in [2.24, 2.45) is 5.73 Å². The number of nitrogens with two attached hydrogens (primary N) is 1. The van der Waals surface area contributed by atoms with Gasteiger partial charge in [0.15, 0.2) is 0 Å². The molecule has 152 valence electrons. The van der Waals surface area contributed by atoms with Gasteiger partial charge in [-0.3, -0.25) is 4.98 Å². The smallest absolute Gasteiger partial charge is 0.328 e. The molecule has 2 atom stereocenters. The number of hydrogen-bond acceptors (Lipinski definition) is 3. The van der Waals surface area contributed by atoms with Crippen molar-refractivity contribution in [2.75, 3.05) is 0 Å². The summed E-state index contributed by atoms with van der Waals surface area (Å²) >= 11 is 0. The number of nitrogens with one attached hydrogen (secondary N) is 1. The van der Waals surface area contributed by atoms with Crippen LogP contribution in [0.4, 0.5) is 13.2 Å². The molecule has 4 rings (SSSR count). The molecule has 3 nitrogen and oxygen atoms in total. The predicted octanol–water partition coefficient (Wildman–Crippen LogP) is 4.90. The van der Waals surface area contributed by atoms with E-state index in [0.717, 1.165) is 49.8 Å². The minimum atomic E-state index is -4.34. The van der Waals surface area contributed by atoms with Crippen LogP contribution in [0.1, 0.15) is 49.1 Å². The van der Waals surface area contributed by atoms with Crippen molar-refractivity contribution in [3.05, 3.63) is 53.7 Å². The minimum absolute atomic E-state index is 0. The summed E-state index contributed by atoms with van der Waals surface area (Å²) in [6.07, 6.45) is 3.00. The number of halogens is 4. The largest absolute Gasteiger partial charge is 0.416 e. The van der Waals surface area contributed by atoms with E-state index in [2.05, 4.69) is 10.3 Å². The van der Waals surface area contributed by atoms with Crippen LogP contribution in [0.25, 0.3) is 11.3 Å². The maximum absolute atomic E-state index is 12.9. The molecule has 3 N–H and O–H groups in total. The predicted molar refractivity (Wildman–Crippen MR) is 106 cm³/mol. The zero-order valence-corrected chi connectivity index (χ0v) is 16.3. The zero-order valence-electron chi connectivity index (χ0n) is 15.5. The topological polar surface area (TPSA) is 50.9 Å². The third kappa shape index (κ3) is 4.85. The van der Waals surface area contributed by atoms with Crippen molar-refractivity contribution < 1.29 is 13.2 Å². The Labute approximate surface area is 169 Å². The Kier molecular flexibility index (Phi) is 6.32. The highest BCUT2D eigenvalue weighted by molar-refractivity contribution is 5.85. The van der Waals surface area contributed by atoms with Gasteiger partial charge in [0, 0.05) is 35.8 Å². The molecule has 28 heavy (non-hydrogen) atoms. The lowest BCUT2D eigenvalue weighted by Gasteiger charge is -2.27. The van der Waals surface area contributed by atoms with Crippen LogP contribution in [0.3, 0.4) is 0 Å². The first-order chi connectivity index (χ1) is 12.9. The normalized spacial score (nSPS) is 27.1. The third-order valence-electron chi connectivity index (χ3n) is 5.71. The van der Waals surface area contributed by atoms with Gasteiger partial charge in [-0.2, -0.15) is 13.2 Å². The van der Waals surface area contributed by atoms with Crippen LogP contribution >= 0.6 is 12.4 Å². The molecule has 7 heteroatoms. The van der Waals surface area contributed by atoms with Crippen molar-refractivity contribution >= 4 is 12.4 Å². The molecule has 1 aromatic heterocycles. The maximum atomic E-state index is 12.9. The maximum Gasteiger partial charge on any atom is 0.416 e. The van der Waals surface area contributed by atoms with Gasteiger partial charge in [0.2, 0.25) is 0 Å². The van der Waals surface area contributed by atoms with E-state index in [1.165, 1.54) is 6.07 Å². The second kappa shape index (κ2) is 8.39. The van der Waals surface area contributed by atoms with E-state index in [9.17, 15) is 13.2 Å². The van der Waals surface area contributed by atoms with Crippen molar-refractivity contribution in [2.45, 2.75) is 62.3 Å². The van der Waals surface area contributed by atoms with E-state index < -0.39 is 11.7 Å². The Hall–Kier alpha value is -1.63. The first kappa shape index (κ1) is 21.1. The first-order valence-electron chi connectivity index (χ1n) is 9.55. The van der Waals surface area contributed by atoms with Gasteiger partial charge in [0.25, 0.3) is 0 Å². The minimum Gasteiger partial charge on any atom is -0.328 e. The molecule has 2 aliphatic rings. The number of aromatic nitrogens is 1. The third-order valence-corrected chi connectivity index (χ3v) is 5.71. The average Bonchev–Trinajstić information content (AvgIpc) is 3.42. The Balaban J connectivity index is 0.00000225. The van der Waals surface area contributed by atoms with Gasteiger partial charge in [0.05, 0.1) is 11.3 Å². The molecule has 0 bridgehead atoms. The molecule has 1 aromatic carbocycles. The summed E-state index contributed by atoms with van der Waals surface area (Å²) < 4.78 is 38.7. The average molecular weight is 412 g/mol. The van der Waals surface area contributed by atoms with Gasteiger partial charge in [-0.15, -0.1) is 12.4 Å².